The number of unbranched alkanes of at least 4 members (excludes halogenated alkanes) is 1. The summed E-state index contributed by atoms with van der Waals surface area (Å²) in [6.45, 7) is 5.44. The number of ether oxygens (including phenoxy) is 2. The second kappa shape index (κ2) is 10.1. The summed E-state index contributed by atoms with van der Waals surface area (Å²) >= 11 is 0. The van der Waals surface area contributed by atoms with E-state index in [4.69, 9.17) is 9.47 Å². The molecule has 0 heterocycles. The predicted octanol–water partition coefficient (Wildman–Crippen LogP) is 2.87. The van der Waals surface area contributed by atoms with Crippen molar-refractivity contribution in [1.29, 1.82) is 0 Å². The Morgan fingerprint density at radius 3 is 1.58 bits per heavy atom. The third-order valence-corrected chi connectivity index (χ3v) is 1.24. The lowest BCUT2D eigenvalue weighted by Gasteiger charge is -2.00. The van der Waals surface area contributed by atoms with Gasteiger partial charge in [0.15, 0.2) is 0 Å². The molecule has 0 saturated carbocycles. The number of hydrogen-bond acceptors (Lipinski definition) is 2. The maximum atomic E-state index is 5.14. The molecule has 0 aromatic carbocycles. The largest absolute Gasteiger partial charge is 0.502 e. The van der Waals surface area contributed by atoms with Crippen LogP contribution in [0.25, 0.3) is 0 Å². The molecule has 0 fully saturated rings. The summed E-state index contributed by atoms with van der Waals surface area (Å²) < 4.78 is 10.3. The average Bonchev–Trinajstić information content (AvgIpc) is 2.10. The minimum Gasteiger partial charge on any atom is -0.502 e. The summed E-state index contributed by atoms with van der Waals surface area (Å²) in [6, 6.07) is 0. The van der Waals surface area contributed by atoms with Gasteiger partial charge in [-0.05, 0) is 26.7 Å². The van der Waals surface area contributed by atoms with Crippen LogP contribution >= 0.6 is 0 Å². The van der Waals surface area contributed by atoms with Crippen LogP contribution in [0.4, 0.5) is 0 Å². The molecule has 0 aliphatic heterocycles. The highest BCUT2D eigenvalue weighted by Crippen LogP contribution is 1.92. The normalized spacial score (nSPS) is 11.2. The Kier molecular flexibility index (Phi) is 9.31. The van der Waals surface area contributed by atoms with Gasteiger partial charge in [-0.3, -0.25) is 0 Å². The first-order valence-electron chi connectivity index (χ1n) is 4.37. The van der Waals surface area contributed by atoms with Gasteiger partial charge in [-0.25, -0.2) is 0 Å². The quantitative estimate of drug-likeness (QED) is 0.432. The van der Waals surface area contributed by atoms with Gasteiger partial charge in [0.05, 0.1) is 25.7 Å². The Morgan fingerprint density at radius 1 is 0.833 bits per heavy atom. The Labute approximate surface area is 74.9 Å². The first-order valence-corrected chi connectivity index (χ1v) is 4.37. The lowest BCUT2D eigenvalue weighted by molar-refractivity contribution is 0.205. The van der Waals surface area contributed by atoms with Gasteiger partial charge in [0, 0.05) is 0 Å². The van der Waals surface area contributed by atoms with Crippen molar-refractivity contribution in [1.82, 2.24) is 0 Å². The Balaban J connectivity index is 2.91. The van der Waals surface area contributed by atoms with Crippen molar-refractivity contribution >= 4 is 0 Å². The lowest BCUT2D eigenvalue weighted by Crippen LogP contribution is -1.92. The van der Waals surface area contributed by atoms with Gasteiger partial charge < -0.3 is 9.47 Å². The molecule has 2 nitrogen and oxygen atoms in total. The summed E-state index contributed by atoms with van der Waals surface area (Å²) in [5, 5.41) is 0. The number of allylic oxidation sites excluding steroid dienone is 2. The minimum absolute atomic E-state index is 0.781. The third-order valence-electron chi connectivity index (χ3n) is 1.24. The Hall–Kier alpha value is -0.920. The number of hydrogen-bond donors (Lipinski definition) is 0. The van der Waals surface area contributed by atoms with Crippen LogP contribution in [0, 0.1) is 0 Å². The van der Waals surface area contributed by atoms with Gasteiger partial charge in [-0.1, -0.05) is 12.2 Å². The standard InChI is InChI=1S/C10H18O2/c1-3-7-11-9-5-6-10-12-8-4-2/h3-4,7-8H,5-6,9-10H2,1-2H3/b7-3-,8-4-. The molecule has 0 aliphatic carbocycles. The maximum Gasteiger partial charge on any atom is 0.0874 e. The van der Waals surface area contributed by atoms with Gasteiger partial charge in [0.1, 0.15) is 0 Å². The molecular formula is C10H18O2. The van der Waals surface area contributed by atoms with Crippen molar-refractivity contribution in [2.45, 2.75) is 26.7 Å². The molecular weight excluding hydrogens is 152 g/mol. The van der Waals surface area contributed by atoms with Gasteiger partial charge in [0.25, 0.3) is 0 Å². The monoisotopic (exact) mass is 170 g/mol. The Bertz CT molecular complexity index is 112. The molecule has 0 unspecified atom stereocenters. The van der Waals surface area contributed by atoms with Crippen molar-refractivity contribution in [3.8, 4) is 0 Å². The first kappa shape index (κ1) is 11.1. The molecule has 0 saturated heterocycles. The van der Waals surface area contributed by atoms with E-state index in [1.165, 1.54) is 0 Å². The van der Waals surface area contributed by atoms with Crippen molar-refractivity contribution < 1.29 is 9.47 Å². The van der Waals surface area contributed by atoms with Crippen molar-refractivity contribution in [3.05, 3.63) is 24.7 Å². The highest BCUT2D eigenvalue weighted by atomic mass is 16.5. The fourth-order valence-corrected chi connectivity index (χ4v) is 0.699. The summed E-state index contributed by atoms with van der Waals surface area (Å²) in [7, 11) is 0. The molecule has 12 heavy (non-hydrogen) atoms. The molecule has 0 rings (SSSR count). The zero-order valence-electron chi connectivity index (χ0n) is 7.95. The molecule has 0 spiro atoms. The highest BCUT2D eigenvalue weighted by Gasteiger charge is 1.86. The van der Waals surface area contributed by atoms with Crippen molar-refractivity contribution in [3.63, 3.8) is 0 Å². The van der Waals surface area contributed by atoms with Gasteiger partial charge in [-0.2, -0.15) is 0 Å². The van der Waals surface area contributed by atoms with E-state index in [2.05, 4.69) is 0 Å². The fraction of sp³-hybridized carbons (Fsp3) is 0.600. The molecule has 0 N–H and O–H groups in total. The minimum atomic E-state index is 0.781. The van der Waals surface area contributed by atoms with E-state index in [1.807, 2.05) is 26.0 Å². The molecule has 0 bridgehead atoms. The van der Waals surface area contributed by atoms with Crippen LogP contribution in [-0.4, -0.2) is 13.2 Å². The zero-order chi connectivity index (χ0) is 9.07. The van der Waals surface area contributed by atoms with Crippen LogP contribution in [0.1, 0.15) is 26.7 Å². The molecule has 0 aromatic heterocycles. The Morgan fingerprint density at radius 2 is 1.25 bits per heavy atom. The summed E-state index contributed by atoms with van der Waals surface area (Å²) in [6.07, 6.45) is 9.29. The first-order chi connectivity index (χ1) is 5.91. The maximum absolute atomic E-state index is 5.14. The van der Waals surface area contributed by atoms with E-state index in [1.54, 1.807) is 12.5 Å². The molecule has 2 heteroatoms. The van der Waals surface area contributed by atoms with Crippen LogP contribution in [0.3, 0.4) is 0 Å². The number of rotatable bonds is 7. The third kappa shape index (κ3) is 9.08. The van der Waals surface area contributed by atoms with Crippen molar-refractivity contribution in [2.75, 3.05) is 13.2 Å². The predicted molar refractivity (Wildman–Crippen MR) is 50.8 cm³/mol. The lowest BCUT2D eigenvalue weighted by atomic mass is 10.3. The summed E-state index contributed by atoms with van der Waals surface area (Å²) in [5.74, 6) is 0. The van der Waals surface area contributed by atoms with E-state index in [-0.39, 0.29) is 0 Å². The average molecular weight is 170 g/mol. The summed E-state index contributed by atoms with van der Waals surface area (Å²) in [5.41, 5.74) is 0. The molecule has 0 aromatic rings. The molecule has 0 radical (unpaired) electrons. The van der Waals surface area contributed by atoms with E-state index < -0.39 is 0 Å². The smallest absolute Gasteiger partial charge is 0.0874 e. The molecule has 0 amide bonds. The van der Waals surface area contributed by atoms with Gasteiger partial charge in [0.2, 0.25) is 0 Å². The van der Waals surface area contributed by atoms with E-state index >= 15 is 0 Å². The van der Waals surface area contributed by atoms with Crippen LogP contribution in [0.5, 0.6) is 0 Å². The van der Waals surface area contributed by atoms with Crippen LogP contribution in [0.15, 0.2) is 24.7 Å². The highest BCUT2D eigenvalue weighted by molar-refractivity contribution is 4.65. The zero-order valence-corrected chi connectivity index (χ0v) is 7.95. The SMILES string of the molecule is C/C=C\OCCCCO/C=C\C. The van der Waals surface area contributed by atoms with Crippen LogP contribution in [0.2, 0.25) is 0 Å². The fourth-order valence-electron chi connectivity index (χ4n) is 0.699. The van der Waals surface area contributed by atoms with E-state index in [9.17, 15) is 0 Å². The second-order valence-electron chi connectivity index (χ2n) is 2.39. The van der Waals surface area contributed by atoms with Gasteiger partial charge in [-0.15, -0.1) is 0 Å². The van der Waals surface area contributed by atoms with E-state index in [0.717, 1.165) is 26.1 Å². The van der Waals surface area contributed by atoms with E-state index in [0.29, 0.717) is 0 Å². The second-order valence-corrected chi connectivity index (χ2v) is 2.39. The molecule has 70 valence electrons. The molecule has 0 atom stereocenters. The van der Waals surface area contributed by atoms with Gasteiger partial charge >= 0.3 is 0 Å². The van der Waals surface area contributed by atoms with Crippen molar-refractivity contribution in [2.24, 2.45) is 0 Å². The topological polar surface area (TPSA) is 18.5 Å². The summed E-state index contributed by atoms with van der Waals surface area (Å²) in [4.78, 5) is 0. The van der Waals surface area contributed by atoms with Crippen LogP contribution < -0.4 is 0 Å². The molecule has 0 aliphatic rings. The van der Waals surface area contributed by atoms with Crippen LogP contribution in [-0.2, 0) is 9.47 Å².